The van der Waals surface area contributed by atoms with Crippen molar-refractivity contribution in [1.29, 1.82) is 0 Å². The first-order valence-corrected chi connectivity index (χ1v) is 17.7. The number of aromatic nitrogens is 2. The summed E-state index contributed by atoms with van der Waals surface area (Å²) in [7, 11) is 0. The van der Waals surface area contributed by atoms with Crippen LogP contribution in [0.2, 0.25) is 0 Å². The number of halogens is 4. The average molecular weight is 940 g/mol. The number of nitrogens with zero attached hydrogens (tertiary/aromatic N) is 2. The van der Waals surface area contributed by atoms with Crippen LogP contribution < -0.4 is 10.6 Å². The minimum Gasteiger partial charge on any atom is -0.337 e. The number of thiazole rings is 2. The second-order valence-electron chi connectivity index (χ2n) is 9.00. The van der Waals surface area contributed by atoms with Crippen LogP contribution in [0.25, 0.3) is 22.5 Å². The summed E-state index contributed by atoms with van der Waals surface area (Å²) in [6.45, 7) is 0. The molecule has 0 bridgehead atoms. The molecule has 0 fully saturated rings. The number of ketones is 2. The van der Waals surface area contributed by atoms with Crippen molar-refractivity contribution in [2.24, 2.45) is 0 Å². The van der Waals surface area contributed by atoms with Gasteiger partial charge in [-0.2, -0.15) is 0 Å². The molecule has 2 N–H and O–H groups in total. The number of rotatable bonds is 6. The zero-order valence-corrected chi connectivity index (χ0v) is 31.7. The Morgan fingerprint density at radius 3 is 1.33 bits per heavy atom. The number of hydrogen-bond acceptors (Lipinski definition) is 8. The van der Waals surface area contributed by atoms with E-state index in [1.807, 2.05) is 71.4 Å². The molecule has 2 aromatic heterocycles. The maximum Gasteiger partial charge on any atom is 0.201 e. The molecule has 0 amide bonds. The van der Waals surface area contributed by atoms with Crippen molar-refractivity contribution < 1.29 is 26.7 Å². The Hall–Kier alpha value is -2.48. The number of Topliss-reactive ketones (excluding diaryl/α,β-unsaturated/α-hetero) is 2. The van der Waals surface area contributed by atoms with Crippen molar-refractivity contribution in [3.8, 4) is 22.5 Å². The van der Waals surface area contributed by atoms with Crippen molar-refractivity contribution in [3.05, 3.63) is 137 Å². The molecule has 13 heteroatoms. The molecule has 2 aliphatic carbocycles. The molecule has 0 atom stereocenters. The zero-order valence-electron chi connectivity index (χ0n) is 22.7. The molecule has 0 aliphatic heterocycles. The van der Waals surface area contributed by atoms with E-state index in [2.05, 4.69) is 84.3 Å². The van der Waals surface area contributed by atoms with E-state index in [0.717, 1.165) is 41.7 Å². The van der Waals surface area contributed by atoms with Crippen LogP contribution >= 0.6 is 86.4 Å². The van der Waals surface area contributed by atoms with Crippen LogP contribution in [0.4, 0.5) is 10.3 Å². The predicted octanol–water partition coefficient (Wildman–Crippen LogP) is 10.5. The Bertz CT molecular complexity index is 1760. The van der Waals surface area contributed by atoms with Gasteiger partial charge in [-0.15, -0.1) is 22.7 Å². The molecule has 6 rings (SSSR count). The van der Waals surface area contributed by atoms with Crippen LogP contribution in [0.15, 0.2) is 137 Å². The van der Waals surface area contributed by atoms with Crippen LogP contribution in [0.5, 0.6) is 0 Å². The SMILES string of the molecule is O=C1C(Br)=CC(Br)=C/C1=C/Nc1nc(-c2ccccc2)cs1.O=C1C(Br)=CC(Br)=C/C1=C/Nc1nc(-c2ccccc2)cs1.[Cu]. The summed E-state index contributed by atoms with van der Waals surface area (Å²) in [5, 5.41) is 11.6. The Balaban J connectivity index is 0.000000200. The van der Waals surface area contributed by atoms with Crippen LogP contribution in [-0.2, 0) is 26.7 Å². The molecular formula is C32H20Br4CuN4O2S2. The summed E-state index contributed by atoms with van der Waals surface area (Å²) in [5.74, 6) is -0.119. The van der Waals surface area contributed by atoms with Gasteiger partial charge in [-0.3, -0.25) is 9.59 Å². The van der Waals surface area contributed by atoms with Gasteiger partial charge in [0.25, 0.3) is 0 Å². The van der Waals surface area contributed by atoms with Crippen molar-refractivity contribution >= 4 is 108 Å². The van der Waals surface area contributed by atoms with Gasteiger partial charge in [-0.25, -0.2) is 9.97 Å². The minimum atomic E-state index is -0.0597. The Morgan fingerprint density at radius 1 is 0.578 bits per heavy atom. The normalized spacial score (nSPS) is 16.1. The smallest absolute Gasteiger partial charge is 0.201 e. The van der Waals surface area contributed by atoms with Crippen molar-refractivity contribution in [2.45, 2.75) is 0 Å². The Kier molecular flexibility index (Phi) is 13.3. The summed E-state index contributed by atoms with van der Waals surface area (Å²) < 4.78 is 2.74. The first kappa shape index (κ1) is 35.4. The fourth-order valence-corrected chi connectivity index (χ4v) is 7.71. The van der Waals surface area contributed by atoms with Crippen LogP contribution in [0, 0.1) is 0 Å². The topological polar surface area (TPSA) is 84.0 Å². The second kappa shape index (κ2) is 16.9. The van der Waals surface area contributed by atoms with Gasteiger partial charge < -0.3 is 10.6 Å². The predicted molar refractivity (Wildman–Crippen MR) is 197 cm³/mol. The number of hydrogen-bond donors (Lipinski definition) is 2. The third-order valence-corrected chi connectivity index (χ3v) is 9.56. The molecule has 2 aromatic carbocycles. The monoisotopic (exact) mass is 935 g/mol. The third kappa shape index (κ3) is 9.76. The van der Waals surface area contributed by atoms with Gasteiger partial charge >= 0.3 is 0 Å². The molecule has 6 nitrogen and oxygen atoms in total. The van der Waals surface area contributed by atoms with Gasteiger partial charge in [-0.1, -0.05) is 92.5 Å². The van der Waals surface area contributed by atoms with E-state index >= 15 is 0 Å². The molecule has 0 saturated carbocycles. The maximum atomic E-state index is 12.0. The van der Waals surface area contributed by atoms with E-state index in [1.165, 1.54) is 22.7 Å². The minimum absolute atomic E-state index is 0. The van der Waals surface area contributed by atoms with Gasteiger partial charge in [0.15, 0.2) is 10.3 Å². The summed E-state index contributed by atoms with van der Waals surface area (Å²) in [6.07, 6.45) is 10.3. The molecule has 45 heavy (non-hydrogen) atoms. The molecule has 231 valence electrons. The Labute approximate surface area is 312 Å². The van der Waals surface area contributed by atoms with E-state index < -0.39 is 0 Å². The number of allylic oxidation sites excluding steroid dienone is 10. The molecule has 2 heterocycles. The van der Waals surface area contributed by atoms with Crippen LogP contribution in [0.1, 0.15) is 0 Å². The van der Waals surface area contributed by atoms with E-state index in [4.69, 9.17) is 0 Å². The molecule has 0 spiro atoms. The van der Waals surface area contributed by atoms with Crippen molar-refractivity contribution in [1.82, 2.24) is 9.97 Å². The van der Waals surface area contributed by atoms with E-state index in [0.29, 0.717) is 20.1 Å². The second-order valence-corrected chi connectivity index (χ2v) is 14.3. The van der Waals surface area contributed by atoms with Gasteiger partial charge in [0.1, 0.15) is 0 Å². The number of carbonyl (C=O) groups is 2. The zero-order chi connectivity index (χ0) is 31.1. The molecule has 2 aliphatic rings. The maximum absolute atomic E-state index is 12.0. The average Bonchev–Trinajstić information content (AvgIpc) is 3.71. The van der Waals surface area contributed by atoms with E-state index in [9.17, 15) is 9.59 Å². The van der Waals surface area contributed by atoms with E-state index in [1.54, 1.807) is 36.7 Å². The van der Waals surface area contributed by atoms with Gasteiger partial charge in [0, 0.05) is 71.5 Å². The molecular weight excluding hydrogens is 920 g/mol. The van der Waals surface area contributed by atoms with Crippen molar-refractivity contribution in [2.75, 3.05) is 10.6 Å². The number of anilines is 2. The first-order chi connectivity index (χ1) is 21.3. The van der Waals surface area contributed by atoms with Gasteiger partial charge in [0.05, 0.1) is 20.4 Å². The molecule has 0 saturated heterocycles. The van der Waals surface area contributed by atoms with Gasteiger partial charge in [0.2, 0.25) is 11.6 Å². The molecule has 4 aromatic rings. The van der Waals surface area contributed by atoms with Crippen LogP contribution in [0.3, 0.4) is 0 Å². The molecule has 0 unspecified atom stereocenters. The number of nitrogens with one attached hydrogen (secondary N) is 2. The largest absolute Gasteiger partial charge is 0.337 e. The van der Waals surface area contributed by atoms with Gasteiger partial charge in [-0.05, 0) is 56.2 Å². The summed E-state index contributed by atoms with van der Waals surface area (Å²) in [6, 6.07) is 20.0. The van der Waals surface area contributed by atoms with E-state index in [-0.39, 0.29) is 28.6 Å². The summed E-state index contributed by atoms with van der Waals surface area (Å²) in [5.41, 5.74) is 5.11. The fraction of sp³-hybridized carbons (Fsp3) is 0. The van der Waals surface area contributed by atoms with Crippen LogP contribution in [-0.4, -0.2) is 21.5 Å². The number of carbonyl (C=O) groups excluding carboxylic acids is 2. The first-order valence-electron chi connectivity index (χ1n) is 12.8. The quantitative estimate of drug-likeness (QED) is 0.148. The number of benzene rings is 2. The summed E-state index contributed by atoms with van der Waals surface area (Å²) >= 11 is 16.3. The third-order valence-electron chi connectivity index (χ3n) is 5.92. The van der Waals surface area contributed by atoms with Crippen molar-refractivity contribution in [3.63, 3.8) is 0 Å². The fourth-order valence-electron chi connectivity index (χ4n) is 3.82. The Morgan fingerprint density at radius 2 is 0.956 bits per heavy atom. The standard InChI is InChI=1S/2C16H10Br2N2OS.Cu/c2*17-12-6-11(15(21)13(18)7-12)8-19-16-20-14(9-22-16)10-4-2-1-3-5-10;/h2*1-9H,(H,19,20);/b2*11-8-;. The summed E-state index contributed by atoms with van der Waals surface area (Å²) in [4.78, 5) is 33.1. The molecule has 1 radical (unpaired) electrons.